The van der Waals surface area contributed by atoms with E-state index in [1.807, 2.05) is 29.1 Å². The molecule has 0 atom stereocenters. The van der Waals surface area contributed by atoms with Crippen molar-refractivity contribution in [2.45, 2.75) is 6.92 Å². The summed E-state index contributed by atoms with van der Waals surface area (Å²) in [6.45, 7) is 2.14. The highest BCUT2D eigenvalue weighted by Crippen LogP contribution is 2.15. The smallest absolute Gasteiger partial charge is 0.342 e. The molecule has 0 aliphatic heterocycles. The van der Waals surface area contributed by atoms with Crippen LogP contribution in [0.15, 0.2) is 39.0 Å². The number of aromatic amines is 2. The van der Waals surface area contributed by atoms with Crippen LogP contribution < -0.4 is 26.7 Å². The maximum atomic E-state index is 11.7. The number of hydrogen-bond acceptors (Lipinski definition) is 7. The van der Waals surface area contributed by atoms with Gasteiger partial charge in [0.15, 0.2) is 0 Å². The number of para-hydroxylation sites is 1. The number of rotatable bonds is 7. The fraction of sp³-hybridized carbons (Fsp3) is 0.214. The molecule has 4 N–H and O–H groups in total. The number of H-pyrrole nitrogens is 2. The minimum atomic E-state index is -0.729. The molecule has 0 bridgehead atoms. The molecule has 2 rings (SSSR count). The molecule has 10 nitrogen and oxygen atoms in total. The van der Waals surface area contributed by atoms with Gasteiger partial charge in [0.25, 0.3) is 11.5 Å². The van der Waals surface area contributed by atoms with Crippen molar-refractivity contribution in [2.24, 2.45) is 5.10 Å². The topological polar surface area (TPSA) is 141 Å². The zero-order chi connectivity index (χ0) is 17.4. The number of carbonyl (C=O) groups excluding carboxylic acids is 1. The summed E-state index contributed by atoms with van der Waals surface area (Å²) in [4.78, 5) is 35.8. The predicted molar refractivity (Wildman–Crippen MR) is 87.3 cm³/mol. The van der Waals surface area contributed by atoms with E-state index in [1.54, 1.807) is 12.1 Å². The minimum Gasteiger partial charge on any atom is -0.493 e. The van der Waals surface area contributed by atoms with Gasteiger partial charge < -0.3 is 10.1 Å². The van der Waals surface area contributed by atoms with Gasteiger partial charge in [-0.2, -0.15) is 5.10 Å². The van der Waals surface area contributed by atoms with E-state index in [-0.39, 0.29) is 12.4 Å². The van der Waals surface area contributed by atoms with Crippen LogP contribution in [0.5, 0.6) is 5.75 Å². The summed E-state index contributed by atoms with van der Waals surface area (Å²) >= 11 is 0. The van der Waals surface area contributed by atoms with Gasteiger partial charge in [-0.3, -0.25) is 14.6 Å². The summed E-state index contributed by atoms with van der Waals surface area (Å²) in [6, 6.07) is 7.24. The Labute approximate surface area is 136 Å². The van der Waals surface area contributed by atoms with Crippen molar-refractivity contribution in [3.63, 3.8) is 0 Å². The van der Waals surface area contributed by atoms with Gasteiger partial charge >= 0.3 is 5.69 Å². The number of hydrogen-bond donors (Lipinski definition) is 4. The van der Waals surface area contributed by atoms with Crippen LogP contribution >= 0.6 is 0 Å². The van der Waals surface area contributed by atoms with Gasteiger partial charge in [0.1, 0.15) is 5.75 Å². The van der Waals surface area contributed by atoms with Gasteiger partial charge in [-0.25, -0.2) is 15.3 Å². The summed E-state index contributed by atoms with van der Waals surface area (Å²) in [5, 5.41) is 11.8. The van der Waals surface area contributed by atoms with Crippen LogP contribution in [0, 0.1) is 0 Å². The van der Waals surface area contributed by atoms with E-state index in [2.05, 4.69) is 20.9 Å². The molecule has 24 heavy (non-hydrogen) atoms. The first-order valence-electron chi connectivity index (χ1n) is 7.06. The Hall–Kier alpha value is -3.43. The molecule has 0 spiro atoms. The van der Waals surface area contributed by atoms with E-state index in [4.69, 9.17) is 4.74 Å². The summed E-state index contributed by atoms with van der Waals surface area (Å²) in [5.74, 6) is -0.0111. The highest BCUT2D eigenvalue weighted by atomic mass is 16.5. The van der Waals surface area contributed by atoms with E-state index in [0.29, 0.717) is 17.9 Å². The Morgan fingerprint density at radius 1 is 1.38 bits per heavy atom. The van der Waals surface area contributed by atoms with Gasteiger partial charge in [-0.05, 0) is 19.1 Å². The maximum Gasteiger partial charge on any atom is 0.342 e. The molecule has 0 fully saturated rings. The Balaban J connectivity index is 1.89. The molecule has 0 aliphatic rings. The summed E-state index contributed by atoms with van der Waals surface area (Å²) in [5.41, 5.74) is 1.57. The molecule has 0 saturated carbocycles. The number of nitrogens with one attached hydrogen (secondary N) is 4. The van der Waals surface area contributed by atoms with E-state index in [1.165, 1.54) is 6.21 Å². The first kappa shape index (κ1) is 16.9. The number of carbonyl (C=O) groups is 1. The van der Waals surface area contributed by atoms with Crippen LogP contribution in [0.2, 0.25) is 0 Å². The van der Waals surface area contributed by atoms with Gasteiger partial charge in [0, 0.05) is 5.56 Å². The van der Waals surface area contributed by atoms with E-state index in [0.717, 1.165) is 0 Å². The lowest BCUT2D eigenvalue weighted by Gasteiger charge is -2.06. The number of nitrogens with zero attached hydrogens (tertiary/aromatic N) is 2. The fourth-order valence-electron chi connectivity index (χ4n) is 1.72. The van der Waals surface area contributed by atoms with Gasteiger partial charge in [0.2, 0.25) is 5.82 Å². The molecule has 2 aromatic rings. The lowest BCUT2D eigenvalue weighted by atomic mass is 10.2. The fourth-order valence-corrected chi connectivity index (χ4v) is 1.72. The summed E-state index contributed by atoms with van der Waals surface area (Å²) < 4.78 is 5.43. The Kier molecular flexibility index (Phi) is 5.83. The molecule has 0 saturated heterocycles. The number of anilines is 1. The van der Waals surface area contributed by atoms with Crippen molar-refractivity contribution in [2.75, 3.05) is 18.5 Å². The first-order valence-corrected chi connectivity index (χ1v) is 7.06. The summed E-state index contributed by atoms with van der Waals surface area (Å²) in [6.07, 6.45) is 1.45. The SMILES string of the molecule is CCOc1ccccc1/C=N/NC(=O)CNc1n[nH]c(=O)[nH]c1=O. The average molecular weight is 332 g/mol. The number of amides is 1. The standard InChI is InChI=1S/C14H16N6O4/c1-2-24-10-6-4-3-5-9(10)7-16-18-11(21)8-15-12-13(22)17-14(23)20-19-12/h3-7H,2,8H2,1H3,(H,15,19)(H,18,21)(H2,17,20,22,23)/b16-7+. The van der Waals surface area contributed by atoms with Crippen LogP contribution in [0.1, 0.15) is 12.5 Å². The number of ether oxygens (including phenoxy) is 1. The van der Waals surface area contributed by atoms with Crippen LogP contribution in [0.25, 0.3) is 0 Å². The van der Waals surface area contributed by atoms with Crippen LogP contribution in [-0.2, 0) is 4.79 Å². The zero-order valence-electron chi connectivity index (χ0n) is 12.8. The largest absolute Gasteiger partial charge is 0.493 e. The van der Waals surface area contributed by atoms with Crippen LogP contribution in [0.4, 0.5) is 5.82 Å². The second-order valence-electron chi connectivity index (χ2n) is 4.47. The third kappa shape index (κ3) is 4.80. The highest BCUT2D eigenvalue weighted by molar-refractivity contribution is 5.86. The number of hydrazone groups is 1. The van der Waals surface area contributed by atoms with Crippen LogP contribution in [0.3, 0.4) is 0 Å². The minimum absolute atomic E-state index is 0.171. The Morgan fingerprint density at radius 2 is 2.17 bits per heavy atom. The molecular formula is C14H16N6O4. The second-order valence-corrected chi connectivity index (χ2v) is 4.47. The van der Waals surface area contributed by atoms with Gasteiger partial charge in [0.05, 0.1) is 19.4 Å². The first-order chi connectivity index (χ1) is 11.6. The normalized spacial score (nSPS) is 10.5. The molecule has 126 valence electrons. The predicted octanol–water partition coefficient (Wildman–Crippen LogP) is -0.581. The third-order valence-electron chi connectivity index (χ3n) is 2.74. The van der Waals surface area contributed by atoms with Crippen molar-refractivity contribution in [3.8, 4) is 5.75 Å². The molecule has 1 amide bonds. The lowest BCUT2D eigenvalue weighted by molar-refractivity contribution is -0.119. The van der Waals surface area contributed by atoms with Crippen molar-refractivity contribution in [1.82, 2.24) is 20.6 Å². The monoisotopic (exact) mass is 332 g/mol. The molecule has 1 aromatic carbocycles. The van der Waals surface area contributed by atoms with Crippen molar-refractivity contribution < 1.29 is 9.53 Å². The Bertz CT molecular complexity index is 841. The molecule has 0 aliphatic carbocycles. The maximum absolute atomic E-state index is 11.7. The van der Waals surface area contributed by atoms with Gasteiger partial charge in [-0.1, -0.05) is 12.1 Å². The molecular weight excluding hydrogens is 316 g/mol. The van der Waals surface area contributed by atoms with Crippen molar-refractivity contribution in [1.29, 1.82) is 0 Å². The highest BCUT2D eigenvalue weighted by Gasteiger charge is 2.05. The molecule has 10 heteroatoms. The molecule has 0 unspecified atom stereocenters. The number of benzene rings is 1. The van der Waals surface area contributed by atoms with E-state index >= 15 is 0 Å². The lowest BCUT2D eigenvalue weighted by Crippen LogP contribution is -2.31. The zero-order valence-corrected chi connectivity index (χ0v) is 12.8. The summed E-state index contributed by atoms with van der Waals surface area (Å²) in [7, 11) is 0. The quantitative estimate of drug-likeness (QED) is 0.395. The van der Waals surface area contributed by atoms with E-state index in [9.17, 15) is 14.4 Å². The second kappa shape index (κ2) is 8.27. The third-order valence-corrected chi connectivity index (χ3v) is 2.74. The molecule has 1 aromatic heterocycles. The molecule has 1 heterocycles. The van der Waals surface area contributed by atoms with Crippen molar-refractivity contribution >= 4 is 17.9 Å². The van der Waals surface area contributed by atoms with Gasteiger partial charge in [-0.15, -0.1) is 5.10 Å². The Morgan fingerprint density at radius 3 is 2.92 bits per heavy atom. The van der Waals surface area contributed by atoms with E-state index < -0.39 is 17.2 Å². The average Bonchev–Trinajstić information content (AvgIpc) is 2.56. The van der Waals surface area contributed by atoms with Crippen molar-refractivity contribution in [3.05, 3.63) is 50.7 Å². The molecule has 0 radical (unpaired) electrons. The van der Waals surface area contributed by atoms with Crippen LogP contribution in [-0.4, -0.2) is 40.5 Å². The number of aromatic nitrogens is 3.